The second-order valence-corrected chi connectivity index (χ2v) is 23.5. The van der Waals surface area contributed by atoms with Gasteiger partial charge in [0.1, 0.15) is 0 Å². The molecular formula is C69H133NO5. The fraction of sp³-hybridized carbons (Fsp3) is 0.913. The summed E-state index contributed by atoms with van der Waals surface area (Å²) in [5.41, 5.74) is 0. The molecule has 6 nitrogen and oxygen atoms in total. The van der Waals surface area contributed by atoms with Crippen LogP contribution in [0.1, 0.15) is 380 Å². The van der Waals surface area contributed by atoms with Crippen LogP contribution in [-0.4, -0.2) is 47.4 Å². The number of carbonyl (C=O) groups is 2. The van der Waals surface area contributed by atoms with Gasteiger partial charge >= 0.3 is 5.97 Å². The Hall–Kier alpha value is -1.66. The number of unbranched alkanes of at least 4 members (excludes halogenated alkanes) is 49. The zero-order valence-corrected chi connectivity index (χ0v) is 50.8. The fourth-order valence-corrected chi connectivity index (χ4v) is 10.8. The minimum Gasteiger partial charge on any atom is -0.466 e. The second-order valence-electron chi connectivity index (χ2n) is 23.5. The summed E-state index contributed by atoms with van der Waals surface area (Å²) in [6.45, 7) is 4.97. The summed E-state index contributed by atoms with van der Waals surface area (Å²) in [5.74, 6) is -0.0164. The molecule has 0 aliphatic heterocycles. The molecule has 444 valence electrons. The normalized spacial score (nSPS) is 12.6. The van der Waals surface area contributed by atoms with Crippen LogP contribution in [0.5, 0.6) is 0 Å². The van der Waals surface area contributed by atoms with Gasteiger partial charge in [0.25, 0.3) is 0 Å². The number of ether oxygens (including phenoxy) is 1. The third kappa shape index (κ3) is 61.4. The van der Waals surface area contributed by atoms with Gasteiger partial charge in [-0.3, -0.25) is 9.59 Å². The van der Waals surface area contributed by atoms with Gasteiger partial charge in [-0.05, 0) is 57.8 Å². The van der Waals surface area contributed by atoms with E-state index in [1.807, 2.05) is 0 Å². The van der Waals surface area contributed by atoms with Crippen LogP contribution in [0.25, 0.3) is 0 Å². The second kappa shape index (κ2) is 64.9. The van der Waals surface area contributed by atoms with Gasteiger partial charge in [-0.15, -0.1) is 0 Å². The summed E-state index contributed by atoms with van der Waals surface area (Å²) in [5, 5.41) is 23.3. The molecule has 0 saturated heterocycles. The number of amides is 1. The lowest BCUT2D eigenvalue weighted by Crippen LogP contribution is -2.45. The summed E-state index contributed by atoms with van der Waals surface area (Å²) in [6, 6.07) is -0.539. The van der Waals surface area contributed by atoms with Crippen LogP contribution < -0.4 is 5.32 Å². The van der Waals surface area contributed by atoms with Crippen LogP contribution in [0, 0.1) is 0 Å². The number of esters is 1. The Balaban J connectivity index is 3.37. The first-order valence-electron chi connectivity index (χ1n) is 34.1. The maximum Gasteiger partial charge on any atom is 0.305 e. The maximum atomic E-state index is 12.5. The van der Waals surface area contributed by atoms with E-state index >= 15 is 0 Å². The van der Waals surface area contributed by atoms with Crippen LogP contribution in [0.15, 0.2) is 24.3 Å². The highest BCUT2D eigenvalue weighted by Crippen LogP contribution is 2.18. The predicted molar refractivity (Wildman–Crippen MR) is 329 cm³/mol. The van der Waals surface area contributed by atoms with E-state index in [-0.39, 0.29) is 18.5 Å². The molecule has 0 radical (unpaired) electrons. The van der Waals surface area contributed by atoms with Crippen LogP contribution in [0.4, 0.5) is 0 Å². The van der Waals surface area contributed by atoms with E-state index in [2.05, 4.69) is 43.5 Å². The minimum atomic E-state index is -0.662. The Kier molecular flexibility index (Phi) is 63.4. The summed E-state index contributed by atoms with van der Waals surface area (Å²) in [6.07, 6.45) is 80.8. The molecule has 0 heterocycles. The smallest absolute Gasteiger partial charge is 0.305 e. The number of allylic oxidation sites excluding steroid dienone is 4. The lowest BCUT2D eigenvalue weighted by Gasteiger charge is -2.22. The Morgan fingerprint density at radius 2 is 0.667 bits per heavy atom. The van der Waals surface area contributed by atoms with Crippen molar-refractivity contribution in [2.45, 2.75) is 392 Å². The Morgan fingerprint density at radius 1 is 0.373 bits per heavy atom. The molecule has 0 bridgehead atoms. The van der Waals surface area contributed by atoms with Crippen molar-refractivity contribution in [3.8, 4) is 0 Å². The standard InChI is InChI=1S/C69H133NO5/c1-3-5-7-9-11-13-15-16-38-42-45-49-53-57-61-67(72)66(65-71)70-68(73)62-58-54-50-46-43-39-36-34-32-30-28-26-24-22-20-18-17-19-21-23-25-27-29-31-33-35-37-40-44-48-52-56-60-64-75-69(74)63-59-55-51-47-41-14-12-10-8-6-4-2/h21,23,27,29,66-67,71-72H,3-20,22,24-26,28,30-65H2,1-2H3,(H,70,73)/b23-21-,29-27-. The molecule has 3 N–H and O–H groups in total. The molecule has 6 heteroatoms. The SMILES string of the molecule is CCCCCCCCCCCCCCCCC(O)C(CO)NC(=O)CCCCCCCCCCCCCCCCCCC/C=C\C/C=C\CCCCCCCCCCCOC(=O)CCCCCCCCCCCCC. The average Bonchev–Trinajstić information content (AvgIpc) is 3.41. The minimum absolute atomic E-state index is 0.0143. The van der Waals surface area contributed by atoms with Gasteiger partial charge in [0.2, 0.25) is 5.91 Å². The van der Waals surface area contributed by atoms with Crippen molar-refractivity contribution in [3.63, 3.8) is 0 Å². The van der Waals surface area contributed by atoms with Gasteiger partial charge < -0.3 is 20.3 Å². The quantitative estimate of drug-likeness (QED) is 0.0320. The summed E-state index contributed by atoms with van der Waals surface area (Å²) >= 11 is 0. The molecule has 0 aromatic rings. The molecule has 1 amide bonds. The third-order valence-electron chi connectivity index (χ3n) is 16.0. The van der Waals surface area contributed by atoms with E-state index in [4.69, 9.17) is 4.74 Å². The number of hydrogen-bond acceptors (Lipinski definition) is 5. The number of aliphatic hydroxyl groups is 2. The number of rotatable bonds is 64. The van der Waals surface area contributed by atoms with E-state index < -0.39 is 12.1 Å². The first-order chi connectivity index (χ1) is 37.0. The van der Waals surface area contributed by atoms with Crippen LogP contribution in [-0.2, 0) is 14.3 Å². The van der Waals surface area contributed by atoms with E-state index in [0.29, 0.717) is 25.9 Å². The predicted octanol–water partition coefficient (Wildman–Crippen LogP) is 21.8. The summed E-state index contributed by atoms with van der Waals surface area (Å²) < 4.78 is 5.47. The van der Waals surface area contributed by atoms with Crippen LogP contribution >= 0.6 is 0 Å². The van der Waals surface area contributed by atoms with Crippen LogP contribution in [0.2, 0.25) is 0 Å². The van der Waals surface area contributed by atoms with E-state index in [0.717, 1.165) is 44.9 Å². The molecular weight excluding hydrogens is 923 g/mol. The van der Waals surface area contributed by atoms with Crippen molar-refractivity contribution in [2.75, 3.05) is 13.2 Å². The molecule has 75 heavy (non-hydrogen) atoms. The molecule has 0 aromatic carbocycles. The van der Waals surface area contributed by atoms with Crippen molar-refractivity contribution in [2.24, 2.45) is 0 Å². The molecule has 0 saturated carbocycles. The van der Waals surface area contributed by atoms with Gasteiger partial charge in [-0.25, -0.2) is 0 Å². The third-order valence-corrected chi connectivity index (χ3v) is 16.0. The zero-order valence-electron chi connectivity index (χ0n) is 50.8. The highest BCUT2D eigenvalue weighted by molar-refractivity contribution is 5.76. The molecule has 0 aromatic heterocycles. The monoisotopic (exact) mass is 1060 g/mol. The van der Waals surface area contributed by atoms with Gasteiger partial charge in [-0.2, -0.15) is 0 Å². The molecule has 0 fully saturated rings. The van der Waals surface area contributed by atoms with Crippen molar-refractivity contribution in [1.82, 2.24) is 5.32 Å². The average molecular weight is 1060 g/mol. The van der Waals surface area contributed by atoms with E-state index in [1.165, 1.54) is 302 Å². The number of aliphatic hydroxyl groups excluding tert-OH is 2. The first-order valence-corrected chi connectivity index (χ1v) is 34.1. The lowest BCUT2D eigenvalue weighted by atomic mass is 10.0. The molecule has 2 atom stereocenters. The van der Waals surface area contributed by atoms with E-state index in [1.54, 1.807) is 0 Å². The Morgan fingerprint density at radius 3 is 1.01 bits per heavy atom. The summed E-state index contributed by atoms with van der Waals surface area (Å²) in [7, 11) is 0. The van der Waals surface area contributed by atoms with Crippen molar-refractivity contribution >= 4 is 11.9 Å². The van der Waals surface area contributed by atoms with E-state index in [9.17, 15) is 19.8 Å². The van der Waals surface area contributed by atoms with Gasteiger partial charge in [0.15, 0.2) is 0 Å². The topological polar surface area (TPSA) is 95.9 Å². The Labute approximate surface area is 469 Å². The van der Waals surface area contributed by atoms with Gasteiger partial charge in [0.05, 0.1) is 25.4 Å². The highest BCUT2D eigenvalue weighted by atomic mass is 16.5. The molecule has 0 rings (SSSR count). The largest absolute Gasteiger partial charge is 0.466 e. The highest BCUT2D eigenvalue weighted by Gasteiger charge is 2.20. The van der Waals surface area contributed by atoms with Gasteiger partial charge in [0, 0.05) is 12.8 Å². The lowest BCUT2D eigenvalue weighted by molar-refractivity contribution is -0.143. The molecule has 0 aliphatic carbocycles. The number of hydrogen-bond donors (Lipinski definition) is 3. The fourth-order valence-electron chi connectivity index (χ4n) is 10.8. The maximum absolute atomic E-state index is 12.5. The zero-order chi connectivity index (χ0) is 54.3. The van der Waals surface area contributed by atoms with Crippen molar-refractivity contribution in [3.05, 3.63) is 24.3 Å². The molecule has 0 spiro atoms. The molecule has 0 aliphatic rings. The first kappa shape index (κ1) is 73.3. The van der Waals surface area contributed by atoms with Crippen molar-refractivity contribution in [1.29, 1.82) is 0 Å². The van der Waals surface area contributed by atoms with Crippen LogP contribution in [0.3, 0.4) is 0 Å². The number of carbonyl (C=O) groups excluding carboxylic acids is 2. The summed E-state index contributed by atoms with van der Waals surface area (Å²) in [4.78, 5) is 24.5. The Bertz CT molecular complexity index is 1170. The number of nitrogens with one attached hydrogen (secondary N) is 1. The van der Waals surface area contributed by atoms with Gasteiger partial charge in [-0.1, -0.05) is 334 Å². The van der Waals surface area contributed by atoms with Crippen molar-refractivity contribution < 1.29 is 24.5 Å². The molecule has 2 unspecified atom stereocenters.